The minimum Gasteiger partial charge on any atom is -0.480 e. The molecule has 3 amide bonds. The Morgan fingerprint density at radius 2 is 1.62 bits per heavy atom. The SMILES string of the molecule is CSCCC(NC(=O)C(CC(C)C)NC(=O)C(N)Cc1c[nH]c2ccccc12)C(=O)NC(CCCN=C(N)N)C(=O)O. The zero-order valence-electron chi connectivity index (χ0n) is 24.4. The molecule has 0 saturated carbocycles. The van der Waals surface area contributed by atoms with Gasteiger partial charge >= 0.3 is 5.97 Å². The van der Waals surface area contributed by atoms with Crippen molar-refractivity contribution < 1.29 is 24.3 Å². The van der Waals surface area contributed by atoms with Crippen LogP contribution >= 0.6 is 11.8 Å². The molecule has 42 heavy (non-hydrogen) atoms. The number of carbonyl (C=O) groups excluding carboxylic acids is 3. The number of carboxylic acid groups (broad SMARTS) is 1. The lowest BCUT2D eigenvalue weighted by atomic mass is 10.0. The van der Waals surface area contributed by atoms with Crippen molar-refractivity contribution in [2.24, 2.45) is 28.1 Å². The van der Waals surface area contributed by atoms with Crippen LogP contribution in [-0.2, 0) is 25.6 Å². The van der Waals surface area contributed by atoms with Crippen LogP contribution < -0.4 is 33.2 Å². The largest absolute Gasteiger partial charge is 0.480 e. The number of carbonyl (C=O) groups is 4. The van der Waals surface area contributed by atoms with E-state index in [1.165, 1.54) is 11.8 Å². The Morgan fingerprint density at radius 1 is 0.976 bits per heavy atom. The van der Waals surface area contributed by atoms with Gasteiger partial charge < -0.3 is 43.2 Å². The van der Waals surface area contributed by atoms with Crippen molar-refractivity contribution in [3.63, 3.8) is 0 Å². The molecular formula is C28H44N8O5S. The number of nitrogens with one attached hydrogen (secondary N) is 4. The number of nitrogens with two attached hydrogens (primary N) is 3. The molecule has 0 spiro atoms. The number of aliphatic carboxylic acids is 1. The van der Waals surface area contributed by atoms with Gasteiger partial charge in [0, 0.05) is 23.6 Å². The number of hydrogen-bond acceptors (Lipinski definition) is 7. The smallest absolute Gasteiger partial charge is 0.326 e. The molecule has 4 atom stereocenters. The van der Waals surface area contributed by atoms with Crippen LogP contribution in [0.1, 0.15) is 45.1 Å². The normalized spacial score (nSPS) is 14.0. The van der Waals surface area contributed by atoms with E-state index in [-0.39, 0.29) is 37.7 Å². The highest BCUT2D eigenvalue weighted by atomic mass is 32.2. The summed E-state index contributed by atoms with van der Waals surface area (Å²) in [6.45, 7) is 4.04. The van der Waals surface area contributed by atoms with Gasteiger partial charge in [-0.3, -0.25) is 19.4 Å². The molecule has 0 aliphatic carbocycles. The second-order valence-corrected chi connectivity index (χ2v) is 11.5. The number of carboxylic acids is 1. The molecule has 1 aromatic heterocycles. The van der Waals surface area contributed by atoms with Crippen LogP contribution in [0.25, 0.3) is 10.9 Å². The lowest BCUT2D eigenvalue weighted by Gasteiger charge is -2.26. The van der Waals surface area contributed by atoms with Gasteiger partial charge in [0.25, 0.3) is 0 Å². The number of rotatable bonds is 18. The van der Waals surface area contributed by atoms with Crippen LogP contribution in [0.2, 0.25) is 0 Å². The predicted octanol–water partition coefficient (Wildman–Crippen LogP) is 0.430. The summed E-state index contributed by atoms with van der Waals surface area (Å²) >= 11 is 1.48. The fourth-order valence-electron chi connectivity index (χ4n) is 4.42. The van der Waals surface area contributed by atoms with Gasteiger partial charge in [0.2, 0.25) is 17.7 Å². The summed E-state index contributed by atoms with van der Waals surface area (Å²) in [6, 6.07) is 3.66. The Kier molecular flexibility index (Phi) is 14.1. The number of aromatic nitrogens is 1. The molecule has 232 valence electrons. The number of guanidine groups is 1. The van der Waals surface area contributed by atoms with Gasteiger partial charge in [-0.25, -0.2) is 4.79 Å². The molecule has 4 unspecified atom stereocenters. The molecule has 0 aliphatic heterocycles. The third-order valence-electron chi connectivity index (χ3n) is 6.60. The number of thioether (sulfide) groups is 1. The molecule has 11 N–H and O–H groups in total. The topological polar surface area (TPSA) is 231 Å². The van der Waals surface area contributed by atoms with Crippen molar-refractivity contribution in [2.45, 2.75) is 70.1 Å². The first-order valence-corrected chi connectivity index (χ1v) is 15.3. The number of aromatic amines is 1. The number of para-hydroxylation sites is 1. The molecule has 0 bridgehead atoms. The van der Waals surface area contributed by atoms with Gasteiger partial charge in [-0.1, -0.05) is 32.0 Å². The zero-order chi connectivity index (χ0) is 31.2. The summed E-state index contributed by atoms with van der Waals surface area (Å²) < 4.78 is 0. The van der Waals surface area contributed by atoms with E-state index in [9.17, 15) is 24.3 Å². The van der Waals surface area contributed by atoms with Crippen LogP contribution in [0.5, 0.6) is 0 Å². The average Bonchev–Trinajstić information content (AvgIpc) is 3.34. The Morgan fingerprint density at radius 3 is 2.26 bits per heavy atom. The summed E-state index contributed by atoms with van der Waals surface area (Å²) in [4.78, 5) is 58.4. The molecule has 2 rings (SSSR count). The fourth-order valence-corrected chi connectivity index (χ4v) is 4.89. The first-order valence-electron chi connectivity index (χ1n) is 13.9. The second-order valence-electron chi connectivity index (χ2n) is 10.6. The molecule has 1 heterocycles. The molecule has 0 radical (unpaired) electrons. The highest BCUT2D eigenvalue weighted by Crippen LogP contribution is 2.19. The van der Waals surface area contributed by atoms with Gasteiger partial charge in [-0.05, 0) is 61.7 Å². The molecule has 1 aromatic carbocycles. The van der Waals surface area contributed by atoms with E-state index in [1.807, 2.05) is 50.6 Å². The van der Waals surface area contributed by atoms with E-state index in [0.29, 0.717) is 18.6 Å². The number of fused-ring (bicyclic) bond motifs is 1. The van der Waals surface area contributed by atoms with Crippen molar-refractivity contribution in [3.8, 4) is 0 Å². The van der Waals surface area contributed by atoms with E-state index in [0.717, 1.165) is 16.5 Å². The van der Waals surface area contributed by atoms with E-state index >= 15 is 0 Å². The number of amides is 3. The van der Waals surface area contributed by atoms with Crippen molar-refractivity contribution in [3.05, 3.63) is 36.0 Å². The minimum absolute atomic E-state index is 0.0472. The Hall–Kier alpha value is -3.78. The Bertz CT molecular complexity index is 1230. The third-order valence-corrected chi connectivity index (χ3v) is 7.24. The van der Waals surface area contributed by atoms with Crippen molar-refractivity contribution in [1.82, 2.24) is 20.9 Å². The van der Waals surface area contributed by atoms with Gasteiger partial charge in [-0.15, -0.1) is 0 Å². The quantitative estimate of drug-likeness (QED) is 0.0669. The van der Waals surface area contributed by atoms with Crippen LogP contribution in [0.15, 0.2) is 35.5 Å². The zero-order valence-corrected chi connectivity index (χ0v) is 25.2. The summed E-state index contributed by atoms with van der Waals surface area (Å²) in [5, 5.41) is 18.6. The van der Waals surface area contributed by atoms with Crippen molar-refractivity contribution in [2.75, 3.05) is 18.6 Å². The van der Waals surface area contributed by atoms with Gasteiger partial charge in [0.15, 0.2) is 5.96 Å². The highest BCUT2D eigenvalue weighted by Gasteiger charge is 2.30. The highest BCUT2D eigenvalue weighted by molar-refractivity contribution is 7.98. The molecular weight excluding hydrogens is 560 g/mol. The van der Waals surface area contributed by atoms with Crippen LogP contribution in [0, 0.1) is 5.92 Å². The lowest BCUT2D eigenvalue weighted by molar-refractivity contribution is -0.142. The first kappa shape index (κ1) is 34.4. The first-order chi connectivity index (χ1) is 19.9. The fraction of sp³-hybridized carbons (Fsp3) is 0.536. The number of nitrogens with zero attached hydrogens (tertiary/aromatic N) is 1. The van der Waals surface area contributed by atoms with E-state index in [4.69, 9.17) is 17.2 Å². The van der Waals surface area contributed by atoms with E-state index < -0.39 is 47.9 Å². The maximum Gasteiger partial charge on any atom is 0.326 e. The molecule has 14 heteroatoms. The molecule has 0 aliphatic rings. The van der Waals surface area contributed by atoms with E-state index in [2.05, 4.69) is 25.9 Å². The average molecular weight is 605 g/mol. The van der Waals surface area contributed by atoms with Gasteiger partial charge in [0.1, 0.15) is 18.1 Å². The molecule has 13 nitrogen and oxygen atoms in total. The van der Waals surface area contributed by atoms with Gasteiger partial charge in [-0.2, -0.15) is 11.8 Å². The Balaban J connectivity index is 2.09. The minimum atomic E-state index is -1.21. The molecule has 0 saturated heterocycles. The molecule has 2 aromatic rings. The number of aliphatic imine (C=N–C) groups is 1. The maximum atomic E-state index is 13.4. The summed E-state index contributed by atoms with van der Waals surface area (Å²) in [5.41, 5.74) is 18.7. The third kappa shape index (κ3) is 11.2. The second kappa shape index (κ2) is 17.2. The number of benzene rings is 1. The van der Waals surface area contributed by atoms with Crippen molar-refractivity contribution in [1.29, 1.82) is 0 Å². The van der Waals surface area contributed by atoms with Crippen LogP contribution in [0.3, 0.4) is 0 Å². The van der Waals surface area contributed by atoms with Crippen molar-refractivity contribution >= 4 is 52.3 Å². The van der Waals surface area contributed by atoms with Gasteiger partial charge in [0.05, 0.1) is 6.04 Å². The predicted molar refractivity (Wildman–Crippen MR) is 166 cm³/mol. The maximum absolute atomic E-state index is 13.4. The van der Waals surface area contributed by atoms with Crippen LogP contribution in [0.4, 0.5) is 0 Å². The number of hydrogen-bond donors (Lipinski definition) is 8. The number of H-pyrrole nitrogens is 1. The summed E-state index contributed by atoms with van der Waals surface area (Å²) in [7, 11) is 0. The standard InChI is InChI=1S/C28H44N8O5S/c1-16(2)13-23(36-24(37)19(29)14-17-15-33-20-8-5-4-7-18(17)20)26(39)34-21(10-12-42-3)25(38)35-22(27(40)41)9-6-11-32-28(30)31/h4-5,7-8,15-16,19,21-23,33H,6,9-14,29H2,1-3H3,(H,34,39)(H,35,38)(H,36,37)(H,40,41)(H4,30,31,32). The molecule has 0 fully saturated rings. The Labute approximate surface area is 250 Å². The monoisotopic (exact) mass is 604 g/mol. The lowest BCUT2D eigenvalue weighted by Crippen LogP contribution is -2.57. The summed E-state index contributed by atoms with van der Waals surface area (Å²) in [6.07, 6.45) is 4.95. The summed E-state index contributed by atoms with van der Waals surface area (Å²) in [5.74, 6) is -2.39. The van der Waals surface area contributed by atoms with E-state index in [1.54, 1.807) is 0 Å². The van der Waals surface area contributed by atoms with Crippen LogP contribution in [-0.4, -0.2) is 82.5 Å².